The largest absolute Gasteiger partial charge is 0.334 e. The standard InChI is InChI=1S/C16H15NO3S2/c18-22-19-14-7-3-6-12(15(14)20-22)17-11-5-2-1-4-10(11)16-13(17)8-9-21-16/h1-2,4-5,8-9,12,14-15H,3,6-7H2. The van der Waals surface area contributed by atoms with Crippen LogP contribution in [0.25, 0.3) is 21.1 Å². The van der Waals surface area contributed by atoms with Crippen molar-refractivity contribution in [2.45, 2.75) is 37.5 Å². The predicted octanol–water partition coefficient (Wildman–Crippen LogP) is 3.94. The van der Waals surface area contributed by atoms with Crippen LogP contribution < -0.4 is 0 Å². The quantitative estimate of drug-likeness (QED) is 0.677. The smallest absolute Gasteiger partial charge is 0.305 e. The zero-order chi connectivity index (χ0) is 14.7. The molecule has 4 atom stereocenters. The van der Waals surface area contributed by atoms with Crippen molar-refractivity contribution in [1.29, 1.82) is 0 Å². The molecule has 1 aliphatic heterocycles. The first-order valence-electron chi connectivity index (χ1n) is 7.55. The highest BCUT2D eigenvalue weighted by Crippen LogP contribution is 2.43. The summed E-state index contributed by atoms with van der Waals surface area (Å²) in [5, 5.41) is 3.42. The Hall–Kier alpha value is -1.21. The second-order valence-corrected chi connectivity index (χ2v) is 7.63. The molecule has 1 aliphatic carbocycles. The molecule has 0 N–H and O–H groups in total. The Labute approximate surface area is 134 Å². The average molecular weight is 333 g/mol. The van der Waals surface area contributed by atoms with Crippen LogP contribution in [0, 0.1) is 0 Å². The van der Waals surface area contributed by atoms with Crippen LogP contribution in [0.3, 0.4) is 0 Å². The van der Waals surface area contributed by atoms with Crippen molar-refractivity contribution in [2.24, 2.45) is 0 Å². The highest BCUT2D eigenvalue weighted by Gasteiger charge is 2.44. The maximum atomic E-state index is 11.7. The lowest BCUT2D eigenvalue weighted by molar-refractivity contribution is 0.0671. The number of hydrogen-bond donors (Lipinski definition) is 0. The van der Waals surface area contributed by atoms with Gasteiger partial charge in [0.25, 0.3) is 0 Å². The van der Waals surface area contributed by atoms with Crippen LogP contribution in [-0.4, -0.2) is 21.0 Å². The molecule has 22 heavy (non-hydrogen) atoms. The molecule has 3 aromatic rings. The van der Waals surface area contributed by atoms with Gasteiger partial charge in [0.05, 0.1) is 21.8 Å². The molecule has 4 nitrogen and oxygen atoms in total. The lowest BCUT2D eigenvalue weighted by atomic mass is 9.89. The van der Waals surface area contributed by atoms with E-state index < -0.39 is 11.4 Å². The summed E-state index contributed by atoms with van der Waals surface area (Å²) in [7, 11) is 0. The van der Waals surface area contributed by atoms with Gasteiger partial charge in [-0.25, -0.2) is 0 Å². The average Bonchev–Trinajstić information content (AvgIpc) is 3.19. The van der Waals surface area contributed by atoms with E-state index >= 15 is 0 Å². The molecular formula is C16H15NO3S2. The van der Waals surface area contributed by atoms with Crippen LogP contribution >= 0.6 is 11.3 Å². The number of benzene rings is 1. The van der Waals surface area contributed by atoms with Gasteiger partial charge in [-0.2, -0.15) is 4.21 Å². The van der Waals surface area contributed by atoms with Crippen LogP contribution in [0.2, 0.25) is 0 Å². The lowest BCUT2D eigenvalue weighted by Gasteiger charge is -2.32. The number of hydrogen-bond acceptors (Lipinski definition) is 4. The molecule has 1 saturated carbocycles. The molecule has 2 aliphatic rings. The minimum absolute atomic E-state index is 0.0468. The van der Waals surface area contributed by atoms with Gasteiger partial charge < -0.3 is 4.57 Å². The Morgan fingerprint density at radius 3 is 3.00 bits per heavy atom. The highest BCUT2D eigenvalue weighted by atomic mass is 32.2. The fraction of sp³-hybridized carbons (Fsp3) is 0.375. The van der Waals surface area contributed by atoms with Crippen molar-refractivity contribution in [2.75, 3.05) is 0 Å². The summed E-state index contributed by atoms with van der Waals surface area (Å²) in [4.78, 5) is 0. The van der Waals surface area contributed by atoms with Gasteiger partial charge in [0.2, 0.25) is 0 Å². The molecule has 0 radical (unpaired) electrons. The van der Waals surface area contributed by atoms with Crippen molar-refractivity contribution in [3.63, 3.8) is 0 Å². The molecule has 3 heterocycles. The van der Waals surface area contributed by atoms with Crippen molar-refractivity contribution in [3.05, 3.63) is 35.7 Å². The van der Waals surface area contributed by atoms with Crippen molar-refractivity contribution >= 4 is 43.8 Å². The number of fused-ring (bicyclic) bond motifs is 4. The van der Waals surface area contributed by atoms with E-state index in [1.807, 2.05) is 0 Å². The highest BCUT2D eigenvalue weighted by molar-refractivity contribution is 7.75. The monoisotopic (exact) mass is 333 g/mol. The summed E-state index contributed by atoms with van der Waals surface area (Å²) in [6.45, 7) is 0. The summed E-state index contributed by atoms with van der Waals surface area (Å²) in [6, 6.07) is 10.9. The maximum Gasteiger partial charge on any atom is 0.305 e. The Morgan fingerprint density at radius 1 is 1.14 bits per heavy atom. The zero-order valence-corrected chi connectivity index (χ0v) is 13.4. The van der Waals surface area contributed by atoms with Crippen molar-refractivity contribution in [1.82, 2.24) is 4.57 Å². The summed E-state index contributed by atoms with van der Waals surface area (Å²) in [6.07, 6.45) is 2.87. The molecule has 2 aromatic heterocycles. The molecule has 0 bridgehead atoms. The van der Waals surface area contributed by atoms with Gasteiger partial charge in [-0.3, -0.25) is 8.37 Å². The van der Waals surface area contributed by atoms with Gasteiger partial charge in [-0.05, 0) is 36.8 Å². The van der Waals surface area contributed by atoms with Gasteiger partial charge in [0.1, 0.15) is 12.2 Å². The molecule has 1 aromatic carbocycles. The molecule has 2 fully saturated rings. The summed E-state index contributed by atoms with van der Waals surface area (Å²) >= 11 is 0.181. The lowest BCUT2D eigenvalue weighted by Crippen LogP contribution is -2.36. The Bertz CT molecular complexity index is 884. The zero-order valence-electron chi connectivity index (χ0n) is 11.8. The Morgan fingerprint density at radius 2 is 2.05 bits per heavy atom. The molecule has 5 rings (SSSR count). The second-order valence-electron chi connectivity index (χ2n) is 5.92. The number of rotatable bonds is 1. The molecule has 1 saturated heterocycles. The number of nitrogens with zero attached hydrogens (tertiary/aromatic N) is 1. The normalized spacial score (nSPS) is 31.8. The minimum atomic E-state index is -1.59. The first-order valence-corrected chi connectivity index (χ1v) is 9.43. The topological polar surface area (TPSA) is 40.5 Å². The van der Waals surface area contributed by atoms with E-state index in [1.54, 1.807) is 11.3 Å². The van der Waals surface area contributed by atoms with Crippen molar-refractivity contribution < 1.29 is 12.6 Å². The number of para-hydroxylation sites is 1. The van der Waals surface area contributed by atoms with Crippen LogP contribution in [0.1, 0.15) is 25.3 Å². The van der Waals surface area contributed by atoms with E-state index in [2.05, 4.69) is 40.3 Å². The Balaban J connectivity index is 1.74. The van der Waals surface area contributed by atoms with Gasteiger partial charge in [0.15, 0.2) is 0 Å². The number of aromatic nitrogens is 1. The van der Waals surface area contributed by atoms with Crippen LogP contribution in [-0.2, 0) is 19.7 Å². The first kappa shape index (κ1) is 13.2. The van der Waals surface area contributed by atoms with E-state index in [-0.39, 0.29) is 18.2 Å². The molecule has 114 valence electrons. The minimum Gasteiger partial charge on any atom is -0.334 e. The third kappa shape index (κ3) is 1.78. The van der Waals surface area contributed by atoms with E-state index in [0.717, 1.165) is 19.3 Å². The fourth-order valence-electron chi connectivity index (χ4n) is 3.88. The molecule has 4 unspecified atom stereocenters. The third-order valence-electron chi connectivity index (χ3n) is 4.77. The number of thiophene rings is 1. The summed E-state index contributed by atoms with van der Waals surface area (Å²) < 4.78 is 26.4. The van der Waals surface area contributed by atoms with Crippen LogP contribution in [0.15, 0.2) is 35.7 Å². The molecular weight excluding hydrogens is 318 g/mol. The first-order chi connectivity index (χ1) is 10.8. The molecule has 0 amide bonds. The van der Waals surface area contributed by atoms with Crippen molar-refractivity contribution in [3.8, 4) is 0 Å². The van der Waals surface area contributed by atoms with Gasteiger partial charge >= 0.3 is 11.4 Å². The summed E-state index contributed by atoms with van der Waals surface area (Å²) in [5.41, 5.74) is 2.48. The van der Waals surface area contributed by atoms with E-state index in [9.17, 15) is 4.21 Å². The second kappa shape index (κ2) is 4.89. The van der Waals surface area contributed by atoms with E-state index in [1.165, 1.54) is 21.1 Å². The fourth-order valence-corrected chi connectivity index (χ4v) is 5.69. The summed E-state index contributed by atoms with van der Waals surface area (Å²) in [5.74, 6) is 0. The van der Waals surface area contributed by atoms with E-state index in [0.29, 0.717) is 0 Å². The van der Waals surface area contributed by atoms with Crippen LogP contribution in [0.5, 0.6) is 0 Å². The Kier molecular flexibility index (Phi) is 2.95. The molecule has 6 heteroatoms. The predicted molar refractivity (Wildman–Crippen MR) is 88.1 cm³/mol. The van der Waals surface area contributed by atoms with Crippen LogP contribution in [0.4, 0.5) is 0 Å². The van der Waals surface area contributed by atoms with Gasteiger partial charge in [-0.15, -0.1) is 11.3 Å². The van der Waals surface area contributed by atoms with E-state index in [4.69, 9.17) is 8.37 Å². The third-order valence-corrected chi connectivity index (χ3v) is 6.49. The SMILES string of the molecule is O=S1OC2CCCC(n3c4ccccc4c4sccc43)C2O1. The van der Waals surface area contributed by atoms with Gasteiger partial charge in [0, 0.05) is 5.39 Å². The molecule has 0 spiro atoms. The van der Waals surface area contributed by atoms with Gasteiger partial charge in [-0.1, -0.05) is 18.2 Å². The maximum absolute atomic E-state index is 11.7.